The van der Waals surface area contributed by atoms with E-state index in [0.717, 1.165) is 29.8 Å². The third-order valence-electron chi connectivity index (χ3n) is 5.81. The minimum atomic E-state index is 0.00654. The number of nitrogens with zero attached hydrogens (tertiary/aromatic N) is 3. The highest BCUT2D eigenvalue weighted by molar-refractivity contribution is 5.85. The largest absolute Gasteiger partial charge is 0.468 e. The molecule has 4 aromatic rings. The average Bonchev–Trinajstić information content (AvgIpc) is 3.50. The third kappa shape index (κ3) is 4.24. The van der Waals surface area contributed by atoms with Gasteiger partial charge in [0, 0.05) is 19.6 Å². The molecule has 1 fully saturated rings. The molecule has 0 saturated carbocycles. The van der Waals surface area contributed by atoms with E-state index in [1.165, 1.54) is 5.39 Å². The van der Waals surface area contributed by atoms with Crippen molar-refractivity contribution in [2.75, 3.05) is 38.2 Å². The van der Waals surface area contributed by atoms with Crippen LogP contribution >= 0.6 is 0 Å². The molecule has 7 heteroatoms. The maximum absolute atomic E-state index is 9.61. The molecule has 0 bridgehead atoms. The lowest BCUT2D eigenvalue weighted by Gasteiger charge is -2.33. The highest BCUT2D eigenvalue weighted by atomic mass is 16.5. The Hall–Kier alpha value is -3.60. The summed E-state index contributed by atoms with van der Waals surface area (Å²) in [6.45, 7) is 3.56. The lowest BCUT2D eigenvalue weighted by atomic mass is 10.0. The van der Waals surface area contributed by atoms with Gasteiger partial charge in [0.15, 0.2) is 0 Å². The molecule has 1 aliphatic rings. The minimum Gasteiger partial charge on any atom is -0.468 e. The van der Waals surface area contributed by atoms with Crippen LogP contribution in [0.3, 0.4) is 0 Å². The Morgan fingerprint density at radius 3 is 2.72 bits per heavy atom. The van der Waals surface area contributed by atoms with E-state index in [4.69, 9.17) is 13.6 Å². The van der Waals surface area contributed by atoms with Crippen LogP contribution in [0.4, 0.5) is 5.88 Å². The van der Waals surface area contributed by atoms with Gasteiger partial charge in [-0.2, -0.15) is 5.26 Å². The summed E-state index contributed by atoms with van der Waals surface area (Å²) >= 11 is 0. The van der Waals surface area contributed by atoms with Crippen molar-refractivity contribution in [1.82, 2.24) is 9.88 Å². The smallest absolute Gasteiger partial charge is 0.232 e. The van der Waals surface area contributed by atoms with Gasteiger partial charge in [-0.15, -0.1) is 0 Å². The van der Waals surface area contributed by atoms with E-state index in [-0.39, 0.29) is 11.7 Å². The number of nitrogens with one attached hydrogen (secondary N) is 1. The van der Waals surface area contributed by atoms with Gasteiger partial charge in [0.2, 0.25) is 17.5 Å². The van der Waals surface area contributed by atoms with E-state index in [2.05, 4.69) is 45.5 Å². The van der Waals surface area contributed by atoms with Crippen molar-refractivity contribution in [3.05, 3.63) is 83.8 Å². The zero-order valence-corrected chi connectivity index (χ0v) is 17.7. The predicted octanol–water partition coefficient (Wildman–Crippen LogP) is 4.37. The number of fused-ring (bicyclic) bond motifs is 1. The number of anilines is 1. The summed E-state index contributed by atoms with van der Waals surface area (Å²) in [5, 5.41) is 15.2. The molecule has 0 amide bonds. The molecule has 0 spiro atoms. The molecule has 7 nitrogen and oxygen atoms in total. The number of rotatable bonds is 7. The summed E-state index contributed by atoms with van der Waals surface area (Å²) in [4.78, 5) is 6.75. The number of morpholine rings is 1. The molecule has 1 N–H and O–H groups in total. The van der Waals surface area contributed by atoms with Crippen molar-refractivity contribution in [3.63, 3.8) is 0 Å². The molecular weight excluding hydrogens is 404 g/mol. The molecule has 32 heavy (non-hydrogen) atoms. The second-order valence-electron chi connectivity index (χ2n) is 7.77. The fraction of sp³-hybridized carbons (Fsp3) is 0.280. The first-order valence-corrected chi connectivity index (χ1v) is 10.8. The van der Waals surface area contributed by atoms with Crippen LogP contribution in [0.25, 0.3) is 10.8 Å². The zero-order chi connectivity index (χ0) is 21.8. The monoisotopic (exact) mass is 428 g/mol. The summed E-state index contributed by atoms with van der Waals surface area (Å²) in [6.07, 6.45) is 2.20. The van der Waals surface area contributed by atoms with Crippen molar-refractivity contribution < 1.29 is 13.6 Å². The predicted molar refractivity (Wildman–Crippen MR) is 120 cm³/mol. The number of ether oxygens (including phenoxy) is 1. The molecule has 1 saturated heterocycles. The summed E-state index contributed by atoms with van der Waals surface area (Å²) in [5.74, 6) is 1.78. The van der Waals surface area contributed by atoms with Crippen LogP contribution < -0.4 is 5.32 Å². The van der Waals surface area contributed by atoms with E-state index < -0.39 is 0 Å². The van der Waals surface area contributed by atoms with Gasteiger partial charge in [-0.25, -0.2) is 4.98 Å². The fourth-order valence-electron chi connectivity index (χ4n) is 4.21. The molecular formula is C25H24N4O3. The first kappa shape index (κ1) is 20.3. The minimum absolute atomic E-state index is 0.00654. The summed E-state index contributed by atoms with van der Waals surface area (Å²) in [7, 11) is 0. The first-order chi connectivity index (χ1) is 15.8. The van der Waals surface area contributed by atoms with Crippen LogP contribution in [0.5, 0.6) is 0 Å². The lowest BCUT2D eigenvalue weighted by molar-refractivity contribution is 0.0144. The number of hydrogen-bond acceptors (Lipinski definition) is 7. The number of nitriles is 1. The number of oxazole rings is 1. The van der Waals surface area contributed by atoms with Crippen LogP contribution in [-0.4, -0.2) is 42.7 Å². The topological polar surface area (TPSA) is 87.5 Å². The van der Waals surface area contributed by atoms with Crippen LogP contribution in [0, 0.1) is 11.3 Å². The number of aromatic nitrogens is 1. The highest BCUT2D eigenvalue weighted by Gasteiger charge is 2.26. The maximum atomic E-state index is 9.61. The number of benzene rings is 2. The van der Waals surface area contributed by atoms with Crippen molar-refractivity contribution in [1.29, 1.82) is 5.26 Å². The Balaban J connectivity index is 1.35. The Labute approximate surface area is 186 Å². The van der Waals surface area contributed by atoms with Crippen molar-refractivity contribution >= 4 is 16.7 Å². The van der Waals surface area contributed by atoms with E-state index in [1.54, 1.807) is 6.26 Å². The summed E-state index contributed by atoms with van der Waals surface area (Å²) in [5.41, 5.74) is 1.38. The van der Waals surface area contributed by atoms with Gasteiger partial charge in [0.05, 0.1) is 31.9 Å². The van der Waals surface area contributed by atoms with Gasteiger partial charge in [-0.3, -0.25) is 4.90 Å². The quantitative estimate of drug-likeness (QED) is 0.468. The normalized spacial score (nSPS) is 15.5. The maximum Gasteiger partial charge on any atom is 0.232 e. The van der Waals surface area contributed by atoms with Gasteiger partial charge >= 0.3 is 0 Å². The summed E-state index contributed by atoms with van der Waals surface area (Å²) < 4.78 is 17.2. The average molecular weight is 428 g/mol. The van der Waals surface area contributed by atoms with Gasteiger partial charge in [-0.1, -0.05) is 42.5 Å². The highest BCUT2D eigenvalue weighted by Crippen LogP contribution is 2.26. The number of furan rings is 1. The van der Waals surface area contributed by atoms with Crippen LogP contribution in [0.15, 0.2) is 69.7 Å². The number of hydrogen-bond donors (Lipinski definition) is 1. The molecule has 1 atom stereocenters. The second kappa shape index (κ2) is 9.27. The Bertz CT molecular complexity index is 1210. The third-order valence-corrected chi connectivity index (χ3v) is 5.81. The molecule has 3 heterocycles. The lowest BCUT2D eigenvalue weighted by Crippen LogP contribution is -2.41. The Morgan fingerprint density at radius 1 is 1.06 bits per heavy atom. The Morgan fingerprint density at radius 2 is 1.91 bits per heavy atom. The first-order valence-electron chi connectivity index (χ1n) is 10.8. The fourth-order valence-corrected chi connectivity index (χ4v) is 4.21. The molecule has 2 aromatic carbocycles. The SMILES string of the molecule is N#Cc1nc(Cc2cccc3ccccc23)oc1NC[C@@H](c1ccco1)N1CCOCC1. The Kier molecular flexibility index (Phi) is 5.88. The van der Waals surface area contributed by atoms with Gasteiger partial charge < -0.3 is 18.9 Å². The standard InChI is InChI=1S/C25H24N4O3/c26-16-21-25(27-17-22(23-9-4-12-31-23)29-10-13-30-14-11-29)32-24(28-21)15-19-7-3-6-18-5-1-2-8-20(18)19/h1-9,12,22,27H,10-11,13-15,17H2/t22-/m0/s1. The molecule has 0 unspecified atom stereocenters. The second-order valence-corrected chi connectivity index (χ2v) is 7.77. The van der Waals surface area contributed by atoms with Gasteiger partial charge in [-0.05, 0) is 28.5 Å². The van der Waals surface area contributed by atoms with Gasteiger partial charge in [0.1, 0.15) is 11.8 Å². The molecule has 5 rings (SSSR count). The van der Waals surface area contributed by atoms with Gasteiger partial charge in [0.25, 0.3) is 0 Å². The summed E-state index contributed by atoms with van der Waals surface area (Å²) in [6, 6.07) is 20.4. The van der Waals surface area contributed by atoms with Crippen molar-refractivity contribution in [2.24, 2.45) is 0 Å². The molecule has 0 radical (unpaired) electrons. The van der Waals surface area contributed by atoms with Crippen LogP contribution in [-0.2, 0) is 11.2 Å². The molecule has 1 aliphatic heterocycles. The van der Waals surface area contributed by atoms with Crippen LogP contribution in [0.2, 0.25) is 0 Å². The van der Waals surface area contributed by atoms with E-state index in [9.17, 15) is 5.26 Å². The van der Waals surface area contributed by atoms with E-state index in [1.807, 2.05) is 30.3 Å². The molecule has 162 valence electrons. The molecule has 0 aliphatic carbocycles. The zero-order valence-electron chi connectivity index (χ0n) is 17.7. The van der Waals surface area contributed by atoms with E-state index in [0.29, 0.717) is 38.0 Å². The molecule has 2 aromatic heterocycles. The van der Waals surface area contributed by atoms with E-state index >= 15 is 0 Å². The van der Waals surface area contributed by atoms with Crippen molar-refractivity contribution in [3.8, 4) is 6.07 Å². The van der Waals surface area contributed by atoms with Crippen molar-refractivity contribution in [2.45, 2.75) is 12.5 Å². The van der Waals surface area contributed by atoms with Crippen LogP contribution in [0.1, 0.15) is 29.0 Å².